The van der Waals surface area contributed by atoms with Crippen molar-refractivity contribution in [3.63, 3.8) is 0 Å². The summed E-state index contributed by atoms with van der Waals surface area (Å²) in [6.45, 7) is 0. The lowest BCUT2D eigenvalue weighted by Gasteiger charge is -2.23. The molecule has 1 aliphatic heterocycles. The lowest BCUT2D eigenvalue weighted by Crippen LogP contribution is -2.40. The second-order valence-corrected chi connectivity index (χ2v) is 5.97. The van der Waals surface area contributed by atoms with Gasteiger partial charge in [-0.15, -0.1) is 11.8 Å². The molecule has 0 aromatic heterocycles. The predicted molar refractivity (Wildman–Crippen MR) is 68.4 cm³/mol. The maximum atomic E-state index is 5.73. The van der Waals surface area contributed by atoms with Gasteiger partial charge in [-0.25, -0.2) is 0 Å². The van der Waals surface area contributed by atoms with E-state index in [-0.39, 0.29) is 0 Å². The largest absolute Gasteiger partial charge is 0.271 e. The number of hydrazine groups is 1. The van der Waals surface area contributed by atoms with Crippen molar-refractivity contribution in [3.8, 4) is 0 Å². The minimum atomic E-state index is 0.462. The van der Waals surface area contributed by atoms with Gasteiger partial charge in [0.25, 0.3) is 0 Å². The van der Waals surface area contributed by atoms with Gasteiger partial charge >= 0.3 is 0 Å². The van der Waals surface area contributed by atoms with E-state index in [2.05, 4.69) is 29.7 Å². The van der Waals surface area contributed by atoms with E-state index in [4.69, 9.17) is 5.84 Å². The molecule has 3 rings (SSSR count). The Hall–Kier alpha value is -0.510. The monoisotopic (exact) mass is 234 g/mol. The third-order valence-corrected chi connectivity index (χ3v) is 4.93. The van der Waals surface area contributed by atoms with Crippen LogP contribution in [0, 0.1) is 5.92 Å². The highest BCUT2D eigenvalue weighted by Crippen LogP contribution is 2.44. The zero-order chi connectivity index (χ0) is 11.0. The molecule has 1 saturated carbocycles. The third-order valence-electron chi connectivity index (χ3n) is 3.72. The number of nitrogens with two attached hydrogens (primary N) is 1. The average molecular weight is 234 g/mol. The first-order valence-corrected chi connectivity index (χ1v) is 7.05. The molecular formula is C13H18N2S. The summed E-state index contributed by atoms with van der Waals surface area (Å²) in [6, 6.07) is 9.22. The summed E-state index contributed by atoms with van der Waals surface area (Å²) in [5.41, 5.74) is 4.54. The molecule has 3 heteroatoms. The van der Waals surface area contributed by atoms with E-state index >= 15 is 0 Å². The molecule has 0 saturated heterocycles. The maximum Gasteiger partial charge on any atom is 0.0290 e. The van der Waals surface area contributed by atoms with E-state index < -0.39 is 0 Å². The molecule has 2 nitrogen and oxygen atoms in total. The fraction of sp³-hybridized carbons (Fsp3) is 0.538. The van der Waals surface area contributed by atoms with E-state index in [0.717, 1.165) is 5.92 Å². The molecular weight excluding hydrogens is 216 g/mol. The lowest BCUT2D eigenvalue weighted by atomic mass is 9.90. The zero-order valence-corrected chi connectivity index (χ0v) is 10.2. The summed E-state index contributed by atoms with van der Waals surface area (Å²) in [5.74, 6) is 8.44. The van der Waals surface area contributed by atoms with Crippen LogP contribution in [0.1, 0.15) is 30.7 Å². The molecule has 86 valence electrons. The summed E-state index contributed by atoms with van der Waals surface area (Å²) in [5, 5.41) is 0. The van der Waals surface area contributed by atoms with Crippen LogP contribution < -0.4 is 11.3 Å². The fourth-order valence-corrected chi connectivity index (χ4v) is 3.91. The first kappa shape index (κ1) is 10.6. The number of hydrogen-bond donors (Lipinski definition) is 2. The summed E-state index contributed by atoms with van der Waals surface area (Å²) >= 11 is 1.97. The number of fused-ring (bicyclic) bond motifs is 1. The van der Waals surface area contributed by atoms with Crippen LogP contribution in [0.5, 0.6) is 0 Å². The van der Waals surface area contributed by atoms with Gasteiger partial charge in [-0.3, -0.25) is 11.3 Å². The van der Waals surface area contributed by atoms with Crippen molar-refractivity contribution in [1.29, 1.82) is 0 Å². The van der Waals surface area contributed by atoms with Gasteiger partial charge in [0.15, 0.2) is 0 Å². The Bertz CT molecular complexity index is 376. The first-order valence-electron chi connectivity index (χ1n) is 6.06. The van der Waals surface area contributed by atoms with E-state index in [1.807, 2.05) is 11.8 Å². The van der Waals surface area contributed by atoms with Crippen molar-refractivity contribution in [1.82, 2.24) is 5.43 Å². The molecule has 1 heterocycles. The highest BCUT2D eigenvalue weighted by atomic mass is 32.2. The number of hydrogen-bond acceptors (Lipinski definition) is 3. The maximum absolute atomic E-state index is 5.73. The molecule has 0 bridgehead atoms. The van der Waals surface area contributed by atoms with E-state index in [1.54, 1.807) is 0 Å². The van der Waals surface area contributed by atoms with Gasteiger partial charge in [-0.2, -0.15) is 0 Å². The van der Waals surface area contributed by atoms with Crippen molar-refractivity contribution in [2.45, 2.75) is 36.1 Å². The Morgan fingerprint density at radius 1 is 1.38 bits per heavy atom. The van der Waals surface area contributed by atoms with Crippen LogP contribution in [-0.2, 0) is 0 Å². The topological polar surface area (TPSA) is 38.0 Å². The highest BCUT2D eigenvalue weighted by Gasteiger charge is 2.33. The molecule has 1 aromatic rings. The van der Waals surface area contributed by atoms with Gasteiger partial charge in [0.1, 0.15) is 0 Å². The van der Waals surface area contributed by atoms with Crippen LogP contribution in [0.3, 0.4) is 0 Å². The molecule has 1 fully saturated rings. The molecule has 1 aliphatic carbocycles. The Labute approximate surface area is 101 Å². The molecule has 0 amide bonds. The molecule has 2 unspecified atom stereocenters. The predicted octanol–water partition coefficient (Wildman–Crippen LogP) is 2.51. The van der Waals surface area contributed by atoms with Crippen molar-refractivity contribution in [3.05, 3.63) is 29.8 Å². The number of benzene rings is 1. The molecule has 3 N–H and O–H groups in total. The van der Waals surface area contributed by atoms with E-state index in [1.165, 1.54) is 35.5 Å². The summed E-state index contributed by atoms with van der Waals surface area (Å²) < 4.78 is 0. The fourth-order valence-electron chi connectivity index (χ4n) is 2.58. The first-order chi connectivity index (χ1) is 7.88. The average Bonchev–Trinajstić information content (AvgIpc) is 3.04. The zero-order valence-electron chi connectivity index (χ0n) is 9.36. The second kappa shape index (κ2) is 4.40. The molecule has 16 heavy (non-hydrogen) atoms. The van der Waals surface area contributed by atoms with Gasteiger partial charge in [0.05, 0.1) is 0 Å². The molecule has 2 aliphatic rings. The van der Waals surface area contributed by atoms with Crippen LogP contribution >= 0.6 is 11.8 Å². The van der Waals surface area contributed by atoms with Crippen LogP contribution in [0.15, 0.2) is 29.2 Å². The standard InChI is InChI=1S/C13H18N2S/c14-15-12(7-9-5-6-9)11-8-16-13-4-2-1-3-10(11)13/h1-4,9,11-12,15H,5-8,14H2. The van der Waals surface area contributed by atoms with Crippen LogP contribution in [0.4, 0.5) is 0 Å². The number of thioether (sulfide) groups is 1. The SMILES string of the molecule is NNC(CC1CC1)C1CSc2ccccc21. The molecule has 0 spiro atoms. The summed E-state index contributed by atoms with van der Waals surface area (Å²) in [7, 11) is 0. The van der Waals surface area contributed by atoms with Gasteiger partial charge < -0.3 is 0 Å². The van der Waals surface area contributed by atoms with Crippen molar-refractivity contribution in [2.75, 3.05) is 5.75 Å². The Morgan fingerprint density at radius 2 is 2.19 bits per heavy atom. The molecule has 2 atom stereocenters. The van der Waals surface area contributed by atoms with Crippen molar-refractivity contribution < 1.29 is 0 Å². The lowest BCUT2D eigenvalue weighted by molar-refractivity contribution is 0.418. The van der Waals surface area contributed by atoms with E-state index in [9.17, 15) is 0 Å². The van der Waals surface area contributed by atoms with Crippen LogP contribution in [0.2, 0.25) is 0 Å². The van der Waals surface area contributed by atoms with Crippen LogP contribution in [-0.4, -0.2) is 11.8 Å². The smallest absolute Gasteiger partial charge is 0.0290 e. The highest BCUT2D eigenvalue weighted by molar-refractivity contribution is 7.99. The number of nitrogens with one attached hydrogen (secondary N) is 1. The van der Waals surface area contributed by atoms with Crippen molar-refractivity contribution in [2.24, 2.45) is 11.8 Å². The quantitative estimate of drug-likeness (QED) is 0.621. The van der Waals surface area contributed by atoms with Crippen molar-refractivity contribution >= 4 is 11.8 Å². The van der Waals surface area contributed by atoms with Gasteiger partial charge in [0, 0.05) is 22.6 Å². The van der Waals surface area contributed by atoms with Gasteiger partial charge in [-0.05, 0) is 24.0 Å². The second-order valence-electron chi connectivity index (χ2n) is 4.91. The Kier molecular flexibility index (Phi) is 2.92. The Balaban J connectivity index is 1.78. The minimum Gasteiger partial charge on any atom is -0.271 e. The van der Waals surface area contributed by atoms with Gasteiger partial charge in [0.2, 0.25) is 0 Å². The van der Waals surface area contributed by atoms with E-state index in [0.29, 0.717) is 12.0 Å². The summed E-state index contributed by atoms with van der Waals surface area (Å²) in [4.78, 5) is 1.45. The Morgan fingerprint density at radius 3 is 2.94 bits per heavy atom. The molecule has 1 aromatic carbocycles. The van der Waals surface area contributed by atoms with Gasteiger partial charge in [-0.1, -0.05) is 31.0 Å². The van der Waals surface area contributed by atoms with Crippen LogP contribution in [0.25, 0.3) is 0 Å². The number of rotatable bonds is 4. The molecule has 0 radical (unpaired) electrons. The normalized spacial score (nSPS) is 25.4. The summed E-state index contributed by atoms with van der Waals surface area (Å²) in [6.07, 6.45) is 4.05. The minimum absolute atomic E-state index is 0.462. The third kappa shape index (κ3) is 1.99.